The lowest BCUT2D eigenvalue weighted by Gasteiger charge is -2.37. The third-order valence-corrected chi connectivity index (χ3v) is 10.9. The number of pyridine rings is 1. The largest absolute Gasteiger partial charge is 0.490 e. The first-order valence-corrected chi connectivity index (χ1v) is 17.0. The number of ether oxygens (including phenoxy) is 1. The van der Waals surface area contributed by atoms with Gasteiger partial charge in [0.2, 0.25) is 0 Å². The molecule has 43 heavy (non-hydrogen) atoms. The fourth-order valence-corrected chi connectivity index (χ4v) is 7.88. The second-order valence-corrected chi connectivity index (χ2v) is 15.4. The van der Waals surface area contributed by atoms with Crippen LogP contribution in [-0.2, 0) is 17.6 Å². The van der Waals surface area contributed by atoms with Crippen LogP contribution in [-0.4, -0.2) is 34.1 Å². The van der Waals surface area contributed by atoms with Crippen molar-refractivity contribution < 1.29 is 19.4 Å². The second-order valence-electron chi connectivity index (χ2n) is 14.2. The van der Waals surface area contributed by atoms with Crippen LogP contribution in [0.2, 0.25) is 0 Å². The van der Waals surface area contributed by atoms with Gasteiger partial charge in [0, 0.05) is 27.3 Å². The molecule has 1 atom stereocenters. The maximum atomic E-state index is 13.5. The summed E-state index contributed by atoms with van der Waals surface area (Å²) in [5.41, 5.74) is 1.52. The molecule has 0 unspecified atom stereocenters. The quantitative estimate of drug-likeness (QED) is 0.242. The Morgan fingerprint density at radius 2 is 1.74 bits per heavy atom. The molecule has 0 aliphatic heterocycles. The molecule has 3 aromatic rings. The van der Waals surface area contributed by atoms with Gasteiger partial charge >= 0.3 is 5.97 Å². The van der Waals surface area contributed by atoms with E-state index < -0.39 is 17.9 Å². The Hall–Kier alpha value is -2.93. The number of hydrogen-bond donors (Lipinski definition) is 2. The van der Waals surface area contributed by atoms with Crippen molar-refractivity contribution in [3.8, 4) is 5.75 Å². The van der Waals surface area contributed by atoms with Crippen LogP contribution in [0.3, 0.4) is 0 Å². The first-order valence-electron chi connectivity index (χ1n) is 16.2. The van der Waals surface area contributed by atoms with Crippen LogP contribution in [0, 0.1) is 17.3 Å². The lowest BCUT2D eigenvalue weighted by molar-refractivity contribution is -0.139. The van der Waals surface area contributed by atoms with Crippen molar-refractivity contribution in [2.45, 2.75) is 117 Å². The smallest absolute Gasteiger partial charge is 0.326 e. The number of nitrogens with one attached hydrogen (secondary N) is 1. The van der Waals surface area contributed by atoms with Gasteiger partial charge in [-0.1, -0.05) is 66.4 Å². The van der Waals surface area contributed by atoms with Gasteiger partial charge in [0.25, 0.3) is 5.91 Å². The number of aromatic nitrogens is 1. The lowest BCUT2D eigenvalue weighted by atomic mass is 9.72. The number of nitrogens with zero attached hydrogens (tertiary/aromatic N) is 1. The molecular weight excluding hydrogens is 556 g/mol. The number of carboxylic acid groups (broad SMARTS) is 1. The first-order chi connectivity index (χ1) is 20.5. The first kappa shape index (κ1) is 31.5. The highest BCUT2D eigenvalue weighted by Gasteiger charge is 2.31. The van der Waals surface area contributed by atoms with Crippen LogP contribution in [0.15, 0.2) is 36.4 Å². The molecular formula is C36H48N2O4S. The van der Waals surface area contributed by atoms with Gasteiger partial charge in [-0.15, -0.1) is 11.3 Å². The second kappa shape index (κ2) is 13.4. The number of carboxylic acids is 1. The molecule has 5 rings (SSSR count). The molecule has 0 radical (unpaired) electrons. The van der Waals surface area contributed by atoms with Crippen molar-refractivity contribution >= 4 is 34.0 Å². The van der Waals surface area contributed by atoms with Gasteiger partial charge in [-0.25, -0.2) is 9.78 Å². The lowest BCUT2D eigenvalue weighted by Crippen LogP contribution is -2.42. The molecule has 0 bridgehead atoms. The minimum absolute atomic E-state index is 0.222. The molecule has 2 saturated carbocycles. The summed E-state index contributed by atoms with van der Waals surface area (Å²) in [5, 5.41) is 14.7. The minimum atomic E-state index is -1.04. The third kappa shape index (κ3) is 7.97. The van der Waals surface area contributed by atoms with Crippen molar-refractivity contribution in [3.05, 3.63) is 57.5 Å². The van der Waals surface area contributed by atoms with Crippen LogP contribution in [0.25, 0.3) is 10.8 Å². The van der Waals surface area contributed by atoms with Crippen LogP contribution in [0.5, 0.6) is 5.75 Å². The van der Waals surface area contributed by atoms with E-state index >= 15 is 0 Å². The van der Waals surface area contributed by atoms with E-state index in [4.69, 9.17) is 9.72 Å². The summed E-state index contributed by atoms with van der Waals surface area (Å²) in [7, 11) is 0. The van der Waals surface area contributed by atoms with E-state index in [0.29, 0.717) is 17.3 Å². The van der Waals surface area contributed by atoms with Crippen molar-refractivity contribution in [1.29, 1.82) is 0 Å². The number of rotatable bonds is 10. The Morgan fingerprint density at radius 1 is 1.02 bits per heavy atom. The molecule has 2 N–H and O–H groups in total. The maximum Gasteiger partial charge on any atom is 0.326 e. The van der Waals surface area contributed by atoms with E-state index in [1.807, 2.05) is 24.3 Å². The van der Waals surface area contributed by atoms with Crippen LogP contribution >= 0.6 is 11.3 Å². The Morgan fingerprint density at radius 3 is 2.37 bits per heavy atom. The summed E-state index contributed by atoms with van der Waals surface area (Å²) in [6.07, 6.45) is 10.6. The van der Waals surface area contributed by atoms with Crippen molar-refractivity contribution in [2.75, 3.05) is 0 Å². The number of amides is 1. The summed E-state index contributed by atoms with van der Waals surface area (Å²) in [6.45, 7) is 11.2. The predicted octanol–water partition coefficient (Wildman–Crippen LogP) is 8.56. The van der Waals surface area contributed by atoms with E-state index in [1.165, 1.54) is 43.4 Å². The molecule has 2 heterocycles. The van der Waals surface area contributed by atoms with Crippen LogP contribution in [0.4, 0.5) is 0 Å². The van der Waals surface area contributed by atoms with Gasteiger partial charge in [-0.3, -0.25) is 4.79 Å². The van der Waals surface area contributed by atoms with E-state index in [-0.39, 0.29) is 18.2 Å². The number of hydrogen-bond acceptors (Lipinski definition) is 5. The van der Waals surface area contributed by atoms with Gasteiger partial charge in [0.1, 0.15) is 17.5 Å². The molecule has 6 nitrogen and oxygen atoms in total. The molecule has 2 aliphatic carbocycles. The molecule has 232 valence electrons. The fraction of sp³-hybridized carbons (Fsp3) is 0.583. The highest BCUT2D eigenvalue weighted by atomic mass is 32.1. The van der Waals surface area contributed by atoms with E-state index in [0.717, 1.165) is 52.3 Å². The van der Waals surface area contributed by atoms with Gasteiger partial charge in [0.05, 0.1) is 6.10 Å². The molecule has 1 amide bonds. The highest BCUT2D eigenvalue weighted by Crippen LogP contribution is 2.39. The summed E-state index contributed by atoms with van der Waals surface area (Å²) in [4.78, 5) is 32.6. The van der Waals surface area contributed by atoms with Gasteiger partial charge < -0.3 is 15.2 Å². The minimum Gasteiger partial charge on any atom is -0.490 e. The standard InChI is InChI=1S/C36H48N2O4S/c1-22(2)33-17-16-28(43-33)21-32(35(40)41)38-34(39)31-19-24-10-13-27(42-26-14-11-25(12-15-26)36(3,4)5)20-29(24)30(37-31)18-23-8-6-7-9-23/h10,13,16-17,19-20,22-23,25-26,32H,6-9,11-12,14-15,18,21H2,1-5H3,(H,38,39)(H,40,41)/t25-,26-,32-/m0/s1. The number of benzene rings is 1. The zero-order chi connectivity index (χ0) is 30.7. The predicted molar refractivity (Wildman–Crippen MR) is 174 cm³/mol. The fourth-order valence-electron chi connectivity index (χ4n) is 6.82. The normalized spacial score (nSPS) is 20.4. The van der Waals surface area contributed by atoms with Gasteiger partial charge in [-0.05, 0) is 91.0 Å². The van der Waals surface area contributed by atoms with Crippen molar-refractivity contribution in [2.24, 2.45) is 17.3 Å². The molecule has 0 spiro atoms. The van der Waals surface area contributed by atoms with E-state index in [2.05, 4.69) is 46.0 Å². The van der Waals surface area contributed by atoms with Crippen molar-refractivity contribution in [1.82, 2.24) is 10.3 Å². The summed E-state index contributed by atoms with van der Waals surface area (Å²) in [5.74, 6) is 1.04. The van der Waals surface area contributed by atoms with Gasteiger partial charge in [0.15, 0.2) is 0 Å². The summed E-state index contributed by atoms with van der Waals surface area (Å²) >= 11 is 1.60. The molecule has 0 saturated heterocycles. The summed E-state index contributed by atoms with van der Waals surface area (Å²) < 4.78 is 6.51. The monoisotopic (exact) mass is 604 g/mol. The Kier molecular flexibility index (Phi) is 9.79. The topological polar surface area (TPSA) is 88.5 Å². The Balaban J connectivity index is 1.35. The average Bonchev–Trinajstić information content (AvgIpc) is 3.65. The zero-order valence-electron chi connectivity index (χ0n) is 26.4. The van der Waals surface area contributed by atoms with Crippen molar-refractivity contribution in [3.63, 3.8) is 0 Å². The summed E-state index contributed by atoms with van der Waals surface area (Å²) in [6, 6.07) is 10.9. The third-order valence-electron chi connectivity index (χ3n) is 9.53. The molecule has 2 aliphatic rings. The Bertz CT molecular complexity index is 1420. The van der Waals surface area contributed by atoms with Gasteiger partial charge in [-0.2, -0.15) is 0 Å². The van der Waals surface area contributed by atoms with E-state index in [1.54, 1.807) is 17.4 Å². The average molecular weight is 605 g/mol. The number of carbonyl (C=O) groups excluding carboxylic acids is 1. The number of thiophene rings is 1. The van der Waals surface area contributed by atoms with Crippen LogP contribution < -0.4 is 10.1 Å². The van der Waals surface area contributed by atoms with Crippen LogP contribution in [0.1, 0.15) is 118 Å². The number of fused-ring (bicyclic) bond motifs is 1. The number of carbonyl (C=O) groups is 2. The molecule has 7 heteroatoms. The Labute approximate surface area is 260 Å². The number of aliphatic carboxylic acids is 1. The highest BCUT2D eigenvalue weighted by molar-refractivity contribution is 7.12. The molecule has 1 aromatic carbocycles. The molecule has 2 fully saturated rings. The van der Waals surface area contributed by atoms with E-state index in [9.17, 15) is 14.7 Å². The zero-order valence-corrected chi connectivity index (χ0v) is 27.3. The molecule has 2 aromatic heterocycles. The SMILES string of the molecule is CC(C)c1ccc(C[C@H](NC(=O)c2cc3ccc(O[C@H]4CC[C@H](C(C)(C)C)CC4)cc3c(CC3CCCC3)n2)C(=O)O)s1. The maximum absolute atomic E-state index is 13.5.